The van der Waals surface area contributed by atoms with Crippen LogP contribution in [0.1, 0.15) is 25.7 Å². The maximum atomic E-state index is 11.8. The number of hydroxylamine groups is 2. The number of hydrogen-bond donors (Lipinski definition) is 1. The summed E-state index contributed by atoms with van der Waals surface area (Å²) in [4.78, 5) is 39.2. The lowest BCUT2D eigenvalue weighted by Crippen LogP contribution is -2.41. The first-order valence-electron chi connectivity index (χ1n) is 6.62. The van der Waals surface area contributed by atoms with E-state index in [0.29, 0.717) is 17.1 Å². The fourth-order valence-electron chi connectivity index (χ4n) is 2.28. The first kappa shape index (κ1) is 15.4. The highest BCUT2D eigenvalue weighted by Crippen LogP contribution is 2.26. The number of carbonyl (C=O) groups excluding carboxylic acids is 3. The number of carbonyl (C=O) groups is 3. The molecule has 114 valence electrons. The Morgan fingerprint density at radius 2 is 2.05 bits per heavy atom. The summed E-state index contributed by atoms with van der Waals surface area (Å²) in [6, 6.07) is 0. The summed E-state index contributed by atoms with van der Waals surface area (Å²) in [6.45, 7) is 7.28. The highest BCUT2D eigenvalue weighted by molar-refractivity contribution is 6.01. The van der Waals surface area contributed by atoms with Crippen LogP contribution in [0, 0.1) is 0 Å². The SMILES string of the molecule is C=C[C@H]1O[C@H](CC(=O)ON2C(=O)CCC2=O)CC(=C)[C@@H]1O. The second-order valence-corrected chi connectivity index (χ2v) is 5.01. The molecule has 3 atom stereocenters. The van der Waals surface area contributed by atoms with Crippen molar-refractivity contribution in [2.75, 3.05) is 0 Å². The second kappa shape index (κ2) is 6.19. The molecule has 21 heavy (non-hydrogen) atoms. The van der Waals surface area contributed by atoms with Crippen molar-refractivity contribution >= 4 is 17.8 Å². The summed E-state index contributed by atoms with van der Waals surface area (Å²) in [7, 11) is 0. The molecule has 2 aliphatic rings. The van der Waals surface area contributed by atoms with Gasteiger partial charge in [0.1, 0.15) is 12.2 Å². The number of imide groups is 1. The maximum absolute atomic E-state index is 11.8. The fourth-order valence-corrected chi connectivity index (χ4v) is 2.28. The van der Waals surface area contributed by atoms with Crippen LogP contribution in [0.15, 0.2) is 24.8 Å². The van der Waals surface area contributed by atoms with E-state index in [0.717, 1.165) is 0 Å². The molecule has 2 rings (SSSR count). The molecule has 7 heteroatoms. The van der Waals surface area contributed by atoms with Crippen molar-refractivity contribution in [3.8, 4) is 0 Å². The molecule has 2 saturated heterocycles. The quantitative estimate of drug-likeness (QED) is 0.590. The highest BCUT2D eigenvalue weighted by Gasteiger charge is 2.35. The predicted octanol–water partition coefficient (Wildman–Crippen LogP) is 0.244. The Kier molecular flexibility index (Phi) is 4.54. The lowest BCUT2D eigenvalue weighted by Gasteiger charge is -2.33. The van der Waals surface area contributed by atoms with Gasteiger partial charge in [0.05, 0.1) is 12.5 Å². The Hall–Kier alpha value is -1.99. The van der Waals surface area contributed by atoms with Crippen LogP contribution < -0.4 is 0 Å². The van der Waals surface area contributed by atoms with Crippen molar-refractivity contribution in [1.29, 1.82) is 0 Å². The van der Waals surface area contributed by atoms with E-state index in [-0.39, 0.29) is 19.3 Å². The van der Waals surface area contributed by atoms with Crippen LogP contribution in [-0.4, -0.2) is 46.3 Å². The summed E-state index contributed by atoms with van der Waals surface area (Å²) in [5, 5.41) is 10.3. The number of nitrogens with zero attached hydrogens (tertiary/aromatic N) is 1. The number of aliphatic hydroxyl groups is 1. The maximum Gasteiger partial charge on any atom is 0.335 e. The smallest absolute Gasteiger partial charge is 0.335 e. The summed E-state index contributed by atoms with van der Waals surface area (Å²) in [5.74, 6) is -1.79. The van der Waals surface area contributed by atoms with Gasteiger partial charge in [0.2, 0.25) is 0 Å². The normalized spacial score (nSPS) is 29.7. The molecular formula is C14H17NO6. The van der Waals surface area contributed by atoms with Crippen molar-refractivity contribution in [1.82, 2.24) is 5.06 Å². The van der Waals surface area contributed by atoms with Crippen molar-refractivity contribution in [2.24, 2.45) is 0 Å². The molecule has 0 aromatic carbocycles. The molecular weight excluding hydrogens is 278 g/mol. The van der Waals surface area contributed by atoms with Crippen LogP contribution in [0.5, 0.6) is 0 Å². The van der Waals surface area contributed by atoms with Gasteiger partial charge < -0.3 is 14.7 Å². The summed E-state index contributed by atoms with van der Waals surface area (Å²) in [5.41, 5.74) is 0.539. The van der Waals surface area contributed by atoms with Crippen LogP contribution in [0.25, 0.3) is 0 Å². The zero-order valence-electron chi connectivity index (χ0n) is 11.5. The number of amides is 2. The van der Waals surface area contributed by atoms with E-state index in [4.69, 9.17) is 9.57 Å². The van der Waals surface area contributed by atoms with E-state index in [9.17, 15) is 19.5 Å². The summed E-state index contributed by atoms with van der Waals surface area (Å²) < 4.78 is 5.49. The van der Waals surface area contributed by atoms with Crippen molar-refractivity contribution in [3.63, 3.8) is 0 Å². The van der Waals surface area contributed by atoms with Crippen LogP contribution in [0.4, 0.5) is 0 Å². The monoisotopic (exact) mass is 295 g/mol. The van der Waals surface area contributed by atoms with E-state index in [1.54, 1.807) is 0 Å². The lowest BCUT2D eigenvalue weighted by atomic mass is 9.95. The lowest BCUT2D eigenvalue weighted by molar-refractivity contribution is -0.200. The zero-order valence-corrected chi connectivity index (χ0v) is 11.5. The molecule has 0 aliphatic carbocycles. The van der Waals surface area contributed by atoms with Gasteiger partial charge in [-0.1, -0.05) is 12.7 Å². The molecule has 1 N–H and O–H groups in total. The van der Waals surface area contributed by atoms with Crippen molar-refractivity contribution in [2.45, 2.75) is 44.0 Å². The minimum Gasteiger partial charge on any atom is -0.386 e. The van der Waals surface area contributed by atoms with Crippen LogP contribution in [-0.2, 0) is 24.0 Å². The average molecular weight is 295 g/mol. The van der Waals surface area contributed by atoms with Gasteiger partial charge in [-0.15, -0.1) is 11.6 Å². The van der Waals surface area contributed by atoms with E-state index in [2.05, 4.69) is 13.2 Å². The first-order chi connectivity index (χ1) is 9.92. The van der Waals surface area contributed by atoms with Gasteiger partial charge in [0, 0.05) is 12.8 Å². The second-order valence-electron chi connectivity index (χ2n) is 5.01. The van der Waals surface area contributed by atoms with E-state index >= 15 is 0 Å². The van der Waals surface area contributed by atoms with Gasteiger partial charge in [0.15, 0.2) is 0 Å². The molecule has 0 aromatic rings. The fraction of sp³-hybridized carbons (Fsp3) is 0.500. The number of rotatable bonds is 4. The molecule has 7 nitrogen and oxygen atoms in total. The van der Waals surface area contributed by atoms with Gasteiger partial charge in [-0.25, -0.2) is 4.79 Å². The topological polar surface area (TPSA) is 93.1 Å². The van der Waals surface area contributed by atoms with Crippen LogP contribution in [0.3, 0.4) is 0 Å². The average Bonchev–Trinajstić information content (AvgIpc) is 2.74. The molecule has 2 heterocycles. The summed E-state index contributed by atoms with van der Waals surface area (Å²) >= 11 is 0. The van der Waals surface area contributed by atoms with Gasteiger partial charge in [-0.3, -0.25) is 9.59 Å². The molecule has 0 saturated carbocycles. The van der Waals surface area contributed by atoms with E-state index in [1.807, 2.05) is 0 Å². The van der Waals surface area contributed by atoms with Crippen LogP contribution in [0.2, 0.25) is 0 Å². The number of hydrogen-bond acceptors (Lipinski definition) is 6. The van der Waals surface area contributed by atoms with Crippen molar-refractivity contribution < 1.29 is 29.1 Å². The van der Waals surface area contributed by atoms with Crippen molar-refractivity contribution in [3.05, 3.63) is 24.8 Å². The molecule has 2 fully saturated rings. The minimum atomic E-state index is -0.850. The zero-order chi connectivity index (χ0) is 15.6. The molecule has 0 unspecified atom stereocenters. The van der Waals surface area contributed by atoms with Gasteiger partial charge in [0.25, 0.3) is 11.8 Å². The standard InChI is InChI=1S/C14H17NO6/c1-3-10-14(19)8(2)6-9(20-10)7-13(18)21-15-11(16)4-5-12(15)17/h3,9-10,14,19H,1-2,4-7H2/t9-,10+,14-/m0/s1. The largest absolute Gasteiger partial charge is 0.386 e. The Bertz CT molecular complexity index is 484. The third-order valence-electron chi connectivity index (χ3n) is 3.39. The highest BCUT2D eigenvalue weighted by atomic mass is 16.7. The Balaban J connectivity index is 1.91. The minimum absolute atomic E-state index is 0.0492. The molecule has 0 bridgehead atoms. The molecule has 0 aromatic heterocycles. The third kappa shape index (κ3) is 3.37. The summed E-state index contributed by atoms with van der Waals surface area (Å²) in [6.07, 6.45) is -0.350. The van der Waals surface area contributed by atoms with Gasteiger partial charge in [-0.2, -0.15) is 0 Å². The van der Waals surface area contributed by atoms with E-state index in [1.165, 1.54) is 6.08 Å². The Labute approximate surface area is 121 Å². The molecule has 0 spiro atoms. The third-order valence-corrected chi connectivity index (χ3v) is 3.39. The predicted molar refractivity (Wildman–Crippen MR) is 70.4 cm³/mol. The molecule has 2 amide bonds. The Morgan fingerprint density at radius 1 is 1.43 bits per heavy atom. The van der Waals surface area contributed by atoms with Gasteiger partial charge in [-0.05, 0) is 12.0 Å². The molecule has 2 aliphatic heterocycles. The Morgan fingerprint density at radius 3 is 2.62 bits per heavy atom. The first-order valence-corrected chi connectivity index (χ1v) is 6.62. The van der Waals surface area contributed by atoms with Crippen LogP contribution >= 0.6 is 0 Å². The number of ether oxygens (including phenoxy) is 1. The van der Waals surface area contributed by atoms with Gasteiger partial charge >= 0.3 is 5.97 Å². The number of aliphatic hydroxyl groups excluding tert-OH is 1. The van der Waals surface area contributed by atoms with E-state index < -0.39 is 36.1 Å². The molecule has 0 radical (unpaired) electrons.